The number of methoxy groups -OCH3 is 1. The van der Waals surface area contributed by atoms with Crippen LogP contribution in [0.2, 0.25) is 0 Å². The van der Waals surface area contributed by atoms with Crippen molar-refractivity contribution < 1.29 is 9.39 Å². The molecule has 0 amide bonds. The standard InChI is InChI=1S/C41H30BN3O2S/c1-46-30-18-20-31(21-19-30)48-37-26-32-38(27-12-6-3-7-13-27)33-22-23-34-39(28-14-8-4-9-15-28)35-24-25-36(45(35)42(47-2)44(33)34)40(41(37)43-32)29-16-10-5-11-17-29/h3-26H,1-2H3. The van der Waals surface area contributed by atoms with Crippen LogP contribution in [0.15, 0.2) is 166 Å². The van der Waals surface area contributed by atoms with Gasteiger partial charge in [0, 0.05) is 55.7 Å². The van der Waals surface area contributed by atoms with Crippen LogP contribution in [0.3, 0.4) is 0 Å². The largest absolute Gasteiger partial charge is 0.557 e. The van der Waals surface area contributed by atoms with E-state index in [0.29, 0.717) is 0 Å². The number of fused-ring (bicyclic) bond motifs is 1. The third kappa shape index (κ3) is 4.50. The van der Waals surface area contributed by atoms with Crippen molar-refractivity contribution in [3.8, 4) is 5.75 Å². The Morgan fingerprint density at radius 1 is 0.562 bits per heavy atom. The summed E-state index contributed by atoms with van der Waals surface area (Å²) >= 11 is 1.72. The fourth-order valence-electron chi connectivity index (χ4n) is 7.14. The number of hydrogen-bond donors (Lipinski definition) is 0. The molecule has 48 heavy (non-hydrogen) atoms. The van der Waals surface area contributed by atoms with Gasteiger partial charge in [0.15, 0.2) is 0 Å². The molecule has 4 aromatic carbocycles. The molecule has 0 unspecified atom stereocenters. The summed E-state index contributed by atoms with van der Waals surface area (Å²) in [6.07, 6.45) is 2.26. The van der Waals surface area contributed by atoms with Gasteiger partial charge >= 0.3 is 7.19 Å². The number of hydrogen-bond acceptors (Lipinski definition) is 4. The van der Waals surface area contributed by atoms with Crippen LogP contribution in [0.5, 0.6) is 5.75 Å². The molecule has 0 atom stereocenters. The van der Waals surface area contributed by atoms with Gasteiger partial charge in [0.2, 0.25) is 0 Å². The zero-order chi connectivity index (χ0) is 32.2. The molecule has 7 heteroatoms. The summed E-state index contributed by atoms with van der Waals surface area (Å²) in [4.78, 5) is 7.75. The van der Waals surface area contributed by atoms with Crippen molar-refractivity contribution >= 4 is 41.4 Å². The molecule has 6 aromatic rings. The molecule has 0 saturated carbocycles. The Labute approximate surface area is 283 Å². The van der Waals surface area contributed by atoms with Crippen molar-refractivity contribution in [3.63, 3.8) is 0 Å². The first kappa shape index (κ1) is 28.7. The maximum Gasteiger partial charge on any atom is 0.557 e. The molecule has 0 saturated heterocycles. The average Bonchev–Trinajstić information content (AvgIpc) is 3.88. The SMILES string of the molecule is COB1n2c3ccc2C(c2ccccc2)=c2ccc(n21)=C(c1ccccc1)C1=NC(=C3c2ccccc2)C(Sc2ccc(OC)cc2)=C1. The third-order valence-electron chi connectivity index (χ3n) is 9.21. The minimum Gasteiger partial charge on any atom is -0.497 e. The van der Waals surface area contributed by atoms with E-state index in [4.69, 9.17) is 14.4 Å². The summed E-state index contributed by atoms with van der Waals surface area (Å²) in [7, 11) is 3.08. The number of aliphatic imine (C=N–C) groups is 1. The van der Waals surface area contributed by atoms with Crippen molar-refractivity contribution in [2.45, 2.75) is 4.90 Å². The highest BCUT2D eigenvalue weighted by Crippen LogP contribution is 2.44. The Hall–Kier alpha value is -5.50. The van der Waals surface area contributed by atoms with E-state index in [9.17, 15) is 0 Å². The van der Waals surface area contributed by atoms with E-state index >= 15 is 0 Å². The van der Waals surface area contributed by atoms with E-state index in [1.54, 1.807) is 26.0 Å². The van der Waals surface area contributed by atoms with Crippen LogP contribution in [0.1, 0.15) is 28.1 Å². The molecule has 4 bridgehead atoms. The fourth-order valence-corrected chi connectivity index (χ4v) is 8.09. The third-order valence-corrected chi connectivity index (χ3v) is 10.3. The Morgan fingerprint density at radius 2 is 1.10 bits per heavy atom. The van der Waals surface area contributed by atoms with Crippen molar-refractivity contribution in [2.75, 3.05) is 14.2 Å². The normalized spacial score (nSPS) is 14.7. The van der Waals surface area contributed by atoms with Crippen LogP contribution in [0, 0.1) is 0 Å². The number of ether oxygens (including phenoxy) is 1. The molecule has 3 aliphatic rings. The molecule has 0 radical (unpaired) electrons. The van der Waals surface area contributed by atoms with Crippen LogP contribution in [-0.2, 0) is 4.65 Å². The molecular formula is C41H30BN3O2S. The van der Waals surface area contributed by atoms with Gasteiger partial charge in [-0.05, 0) is 71.3 Å². The van der Waals surface area contributed by atoms with Crippen LogP contribution in [0.4, 0.5) is 0 Å². The van der Waals surface area contributed by atoms with Gasteiger partial charge in [-0.25, -0.2) is 4.99 Å². The Bertz CT molecular complexity index is 2420. The van der Waals surface area contributed by atoms with Gasteiger partial charge < -0.3 is 18.3 Å². The highest BCUT2D eigenvalue weighted by molar-refractivity contribution is 8.03. The first-order valence-corrected chi connectivity index (χ1v) is 16.8. The van der Waals surface area contributed by atoms with Gasteiger partial charge in [0.1, 0.15) is 5.75 Å². The van der Waals surface area contributed by atoms with Crippen molar-refractivity contribution in [1.82, 2.24) is 8.96 Å². The minimum absolute atomic E-state index is 0.425. The zero-order valence-corrected chi connectivity index (χ0v) is 27.3. The summed E-state index contributed by atoms with van der Waals surface area (Å²) in [5.41, 5.74) is 10.6. The average molecular weight is 640 g/mol. The monoisotopic (exact) mass is 639 g/mol. The van der Waals surface area contributed by atoms with Crippen molar-refractivity contribution in [1.29, 1.82) is 0 Å². The second-order valence-electron chi connectivity index (χ2n) is 11.9. The Balaban J connectivity index is 1.44. The molecule has 5 heterocycles. The second-order valence-corrected chi connectivity index (χ2v) is 13.0. The molecule has 5 nitrogen and oxygen atoms in total. The molecule has 2 aromatic heterocycles. The smallest absolute Gasteiger partial charge is 0.497 e. The number of nitrogens with zero attached hydrogens (tertiary/aromatic N) is 3. The van der Waals surface area contributed by atoms with E-state index < -0.39 is 7.19 Å². The summed E-state index contributed by atoms with van der Waals surface area (Å²) in [6.45, 7) is 0. The molecule has 0 spiro atoms. The number of aromatic nitrogens is 2. The molecule has 3 aliphatic heterocycles. The number of allylic oxidation sites excluding steroid dienone is 1. The summed E-state index contributed by atoms with van der Waals surface area (Å²) in [5.74, 6) is 0.833. The van der Waals surface area contributed by atoms with Crippen LogP contribution in [-0.4, -0.2) is 36.1 Å². The zero-order valence-electron chi connectivity index (χ0n) is 26.5. The van der Waals surface area contributed by atoms with Gasteiger partial charge in [-0.1, -0.05) is 103 Å². The lowest BCUT2D eigenvalue weighted by molar-refractivity contribution is 0.396. The summed E-state index contributed by atoms with van der Waals surface area (Å²) < 4.78 is 16.7. The highest BCUT2D eigenvalue weighted by atomic mass is 32.2. The van der Waals surface area contributed by atoms with Gasteiger partial charge in [0.25, 0.3) is 0 Å². The topological polar surface area (TPSA) is 40.7 Å². The van der Waals surface area contributed by atoms with E-state index in [0.717, 1.165) is 76.9 Å². The molecule has 9 rings (SSSR count). The van der Waals surface area contributed by atoms with Crippen LogP contribution in [0.25, 0.3) is 16.7 Å². The van der Waals surface area contributed by atoms with Crippen molar-refractivity contribution in [3.05, 3.63) is 195 Å². The van der Waals surface area contributed by atoms with Gasteiger partial charge in [-0.3, -0.25) is 0 Å². The highest BCUT2D eigenvalue weighted by Gasteiger charge is 2.38. The van der Waals surface area contributed by atoms with E-state index in [1.165, 1.54) is 5.57 Å². The minimum atomic E-state index is -0.425. The number of thioether (sulfide) groups is 1. The molecule has 0 N–H and O–H groups in total. The van der Waals surface area contributed by atoms with Crippen LogP contribution >= 0.6 is 11.8 Å². The number of benzene rings is 4. The first-order chi connectivity index (χ1) is 23.7. The second kappa shape index (κ2) is 11.6. The Kier molecular flexibility index (Phi) is 6.96. The molecule has 0 fully saturated rings. The van der Waals surface area contributed by atoms with E-state index in [-0.39, 0.29) is 0 Å². The Morgan fingerprint density at radius 3 is 1.69 bits per heavy atom. The predicted octanol–water partition coefficient (Wildman–Crippen LogP) is 6.99. The quantitative estimate of drug-likeness (QED) is 0.177. The van der Waals surface area contributed by atoms with Gasteiger partial charge in [-0.15, -0.1) is 0 Å². The predicted molar refractivity (Wildman–Crippen MR) is 196 cm³/mol. The summed E-state index contributed by atoms with van der Waals surface area (Å²) in [6, 6.07) is 49.1. The van der Waals surface area contributed by atoms with E-state index in [2.05, 4.69) is 142 Å². The number of rotatable bonds is 7. The lowest BCUT2D eigenvalue weighted by Gasteiger charge is -2.28. The van der Waals surface area contributed by atoms with Gasteiger partial charge in [-0.2, -0.15) is 0 Å². The maximum atomic E-state index is 6.50. The van der Waals surface area contributed by atoms with Gasteiger partial charge in [0.05, 0.1) is 18.5 Å². The summed E-state index contributed by atoms with van der Waals surface area (Å²) in [5, 5.41) is 2.16. The molecule has 0 aliphatic carbocycles. The van der Waals surface area contributed by atoms with E-state index in [1.807, 2.05) is 12.1 Å². The molecule has 230 valence electrons. The maximum absolute atomic E-state index is 6.50. The van der Waals surface area contributed by atoms with Crippen molar-refractivity contribution in [2.24, 2.45) is 4.99 Å². The first-order valence-electron chi connectivity index (χ1n) is 16.0. The molecular weight excluding hydrogens is 609 g/mol. The fraction of sp³-hybridized carbons (Fsp3) is 0.0488. The van der Waals surface area contributed by atoms with Crippen LogP contribution < -0.4 is 15.4 Å². The lowest BCUT2D eigenvalue weighted by Crippen LogP contribution is -2.52. The lowest BCUT2D eigenvalue weighted by atomic mass is 9.88.